The van der Waals surface area contributed by atoms with Crippen LogP contribution >= 0.6 is 0 Å². The van der Waals surface area contributed by atoms with Gasteiger partial charge in [0.25, 0.3) is 0 Å². The molecule has 28 heavy (non-hydrogen) atoms. The van der Waals surface area contributed by atoms with Gasteiger partial charge < -0.3 is 5.11 Å². The fraction of sp³-hybridized carbons (Fsp3) is 0.150. The Kier molecular flexibility index (Phi) is 5.16. The molecule has 3 rings (SSSR count). The van der Waals surface area contributed by atoms with Crippen molar-refractivity contribution in [2.45, 2.75) is 19.0 Å². The molecule has 8 heteroatoms. The number of pyridine rings is 1. The molecule has 0 aliphatic carbocycles. The molecule has 1 aromatic heterocycles. The molecule has 0 aliphatic rings. The highest BCUT2D eigenvalue weighted by Crippen LogP contribution is 2.33. The van der Waals surface area contributed by atoms with Crippen molar-refractivity contribution in [1.82, 2.24) is 4.98 Å². The molecule has 0 unspecified atom stereocenters. The Morgan fingerprint density at radius 3 is 1.54 bits per heavy atom. The van der Waals surface area contributed by atoms with Crippen LogP contribution in [0.1, 0.15) is 16.8 Å². The highest BCUT2D eigenvalue weighted by atomic mass is 19.4. The second-order valence-electron chi connectivity index (χ2n) is 6.00. The maximum Gasteiger partial charge on any atom is 0.416 e. The first kappa shape index (κ1) is 19.9. The van der Waals surface area contributed by atoms with Crippen LogP contribution in [-0.4, -0.2) is 10.1 Å². The molecule has 0 spiro atoms. The van der Waals surface area contributed by atoms with Gasteiger partial charge in [-0.2, -0.15) is 26.3 Å². The Balaban J connectivity index is 1.94. The Morgan fingerprint density at radius 2 is 1.11 bits per heavy atom. The lowest BCUT2D eigenvalue weighted by atomic mass is 10.0. The number of alkyl halides is 6. The summed E-state index contributed by atoms with van der Waals surface area (Å²) in [6, 6.07) is 11.9. The Morgan fingerprint density at radius 1 is 0.643 bits per heavy atom. The molecule has 0 atom stereocenters. The van der Waals surface area contributed by atoms with Gasteiger partial charge in [0.1, 0.15) is 0 Å². The van der Waals surface area contributed by atoms with E-state index in [2.05, 4.69) is 4.98 Å². The van der Waals surface area contributed by atoms with Crippen LogP contribution in [0.4, 0.5) is 26.3 Å². The van der Waals surface area contributed by atoms with Gasteiger partial charge in [-0.1, -0.05) is 30.3 Å². The van der Waals surface area contributed by atoms with Crippen molar-refractivity contribution in [3.63, 3.8) is 0 Å². The van der Waals surface area contributed by atoms with Crippen molar-refractivity contribution < 1.29 is 31.4 Å². The number of nitrogens with zero attached hydrogens (tertiary/aromatic N) is 1. The van der Waals surface area contributed by atoms with E-state index in [1.807, 2.05) is 0 Å². The summed E-state index contributed by atoms with van der Waals surface area (Å²) in [5.41, 5.74) is 0.249. The van der Waals surface area contributed by atoms with Crippen LogP contribution in [0.25, 0.3) is 22.4 Å². The Bertz CT molecular complexity index is 960. The molecule has 3 aromatic rings. The molecule has 0 radical (unpaired) electrons. The molecule has 0 aliphatic heterocycles. The summed E-state index contributed by atoms with van der Waals surface area (Å²) in [6.45, 7) is -0.481. The molecule has 1 heterocycles. The largest absolute Gasteiger partial charge is 0.416 e. The first-order valence-electron chi connectivity index (χ1n) is 8.05. The number of rotatable bonds is 3. The Hall–Kier alpha value is -2.87. The number of aromatic nitrogens is 1. The summed E-state index contributed by atoms with van der Waals surface area (Å²) in [5, 5.41) is 9.59. The maximum absolute atomic E-state index is 12.7. The Labute approximate surface area is 156 Å². The van der Waals surface area contributed by atoms with E-state index in [4.69, 9.17) is 0 Å². The SMILES string of the molecule is OCc1nc(-c2ccc(C(F)(F)F)cc2)ccc1-c1ccc(C(F)(F)F)cc1. The highest BCUT2D eigenvalue weighted by molar-refractivity contribution is 5.70. The van der Waals surface area contributed by atoms with Crippen molar-refractivity contribution >= 4 is 0 Å². The van der Waals surface area contributed by atoms with E-state index < -0.39 is 30.1 Å². The third-order valence-corrected chi connectivity index (χ3v) is 4.16. The zero-order valence-corrected chi connectivity index (χ0v) is 14.1. The molecule has 0 bridgehead atoms. The van der Waals surface area contributed by atoms with Crippen LogP contribution in [-0.2, 0) is 19.0 Å². The van der Waals surface area contributed by atoms with E-state index >= 15 is 0 Å². The minimum absolute atomic E-state index is 0.206. The van der Waals surface area contributed by atoms with Gasteiger partial charge in [0.2, 0.25) is 0 Å². The van der Waals surface area contributed by atoms with Crippen molar-refractivity contribution in [2.75, 3.05) is 0 Å². The fourth-order valence-corrected chi connectivity index (χ4v) is 2.71. The van der Waals surface area contributed by atoms with Crippen molar-refractivity contribution in [3.8, 4) is 22.4 Å². The van der Waals surface area contributed by atoms with E-state index in [1.54, 1.807) is 6.07 Å². The van der Waals surface area contributed by atoms with Gasteiger partial charge in [0.05, 0.1) is 29.1 Å². The normalized spacial score (nSPS) is 12.2. The zero-order chi connectivity index (χ0) is 20.5. The maximum atomic E-state index is 12.7. The standard InChI is InChI=1S/C20H13F6NO/c21-19(22,23)14-5-1-12(2-6-14)16-9-10-17(27-18(16)11-28)13-3-7-15(8-4-13)20(24,25)26/h1-10,28H,11H2. The summed E-state index contributed by atoms with van der Waals surface area (Å²) in [5.74, 6) is 0. The van der Waals surface area contributed by atoms with E-state index in [9.17, 15) is 31.4 Å². The van der Waals surface area contributed by atoms with E-state index in [1.165, 1.54) is 30.3 Å². The van der Waals surface area contributed by atoms with E-state index in [-0.39, 0.29) is 5.69 Å². The van der Waals surface area contributed by atoms with Crippen LogP contribution in [0.2, 0.25) is 0 Å². The van der Waals surface area contributed by atoms with Gasteiger partial charge in [-0.05, 0) is 35.9 Å². The number of hydrogen-bond donors (Lipinski definition) is 1. The molecule has 0 saturated heterocycles. The molecule has 0 saturated carbocycles. The van der Waals surface area contributed by atoms with Gasteiger partial charge in [-0.3, -0.25) is 0 Å². The lowest BCUT2D eigenvalue weighted by Gasteiger charge is -2.12. The second kappa shape index (κ2) is 7.27. The van der Waals surface area contributed by atoms with Crippen LogP contribution in [0.5, 0.6) is 0 Å². The third-order valence-electron chi connectivity index (χ3n) is 4.16. The average Bonchev–Trinajstić information content (AvgIpc) is 2.66. The van der Waals surface area contributed by atoms with Crippen molar-refractivity contribution in [3.05, 3.63) is 77.5 Å². The van der Waals surface area contributed by atoms with Crippen LogP contribution in [0.3, 0.4) is 0 Å². The van der Waals surface area contributed by atoms with Gasteiger partial charge in [-0.25, -0.2) is 4.98 Å². The monoisotopic (exact) mass is 397 g/mol. The number of hydrogen-bond acceptors (Lipinski definition) is 2. The molecule has 146 valence electrons. The zero-order valence-electron chi connectivity index (χ0n) is 14.1. The molecule has 2 nitrogen and oxygen atoms in total. The number of aliphatic hydroxyl groups excluding tert-OH is 1. The van der Waals surface area contributed by atoms with Crippen LogP contribution in [0.15, 0.2) is 60.7 Å². The van der Waals surface area contributed by atoms with E-state index in [0.29, 0.717) is 22.4 Å². The summed E-state index contributed by atoms with van der Waals surface area (Å²) >= 11 is 0. The third kappa shape index (κ3) is 4.17. The summed E-state index contributed by atoms with van der Waals surface area (Å²) < 4.78 is 76.1. The van der Waals surface area contributed by atoms with Crippen molar-refractivity contribution in [2.24, 2.45) is 0 Å². The van der Waals surface area contributed by atoms with Gasteiger partial charge in [-0.15, -0.1) is 0 Å². The molecule has 2 aromatic carbocycles. The van der Waals surface area contributed by atoms with Crippen LogP contribution in [0, 0.1) is 0 Å². The minimum Gasteiger partial charge on any atom is -0.390 e. The molecule has 0 amide bonds. The predicted octanol–water partition coefficient (Wildman–Crippen LogP) is 5.95. The fourth-order valence-electron chi connectivity index (χ4n) is 2.71. The quantitative estimate of drug-likeness (QED) is 0.555. The van der Waals surface area contributed by atoms with Crippen molar-refractivity contribution in [1.29, 1.82) is 0 Å². The van der Waals surface area contributed by atoms with Gasteiger partial charge in [0, 0.05) is 11.1 Å². The van der Waals surface area contributed by atoms with Gasteiger partial charge in [0.15, 0.2) is 0 Å². The minimum atomic E-state index is -4.46. The average molecular weight is 397 g/mol. The van der Waals surface area contributed by atoms with Gasteiger partial charge >= 0.3 is 12.4 Å². The number of halogens is 6. The lowest BCUT2D eigenvalue weighted by Crippen LogP contribution is -2.04. The van der Waals surface area contributed by atoms with E-state index in [0.717, 1.165) is 24.3 Å². The smallest absolute Gasteiger partial charge is 0.390 e. The molecule has 0 fully saturated rings. The molecule has 1 N–H and O–H groups in total. The molecular weight excluding hydrogens is 384 g/mol. The lowest BCUT2D eigenvalue weighted by molar-refractivity contribution is -0.138. The summed E-state index contributed by atoms with van der Waals surface area (Å²) in [7, 11) is 0. The second-order valence-corrected chi connectivity index (χ2v) is 6.00. The number of benzene rings is 2. The number of aliphatic hydroxyl groups is 1. The van der Waals surface area contributed by atoms with Crippen LogP contribution < -0.4 is 0 Å². The summed E-state index contributed by atoms with van der Waals surface area (Å²) in [6.07, 6.45) is -8.91. The topological polar surface area (TPSA) is 33.1 Å². The first-order valence-corrected chi connectivity index (χ1v) is 8.05. The summed E-state index contributed by atoms with van der Waals surface area (Å²) in [4.78, 5) is 4.25. The predicted molar refractivity (Wildman–Crippen MR) is 91.0 cm³/mol. The highest BCUT2D eigenvalue weighted by Gasteiger charge is 2.31. The molecular formula is C20H13F6NO. The first-order chi connectivity index (χ1) is 13.1.